The van der Waals surface area contributed by atoms with Crippen LogP contribution in [0.3, 0.4) is 0 Å². The van der Waals surface area contributed by atoms with Crippen LogP contribution in [0.2, 0.25) is 0 Å². The van der Waals surface area contributed by atoms with Gasteiger partial charge >= 0.3 is 5.97 Å². The Morgan fingerprint density at radius 2 is 2.30 bits per heavy atom. The maximum atomic E-state index is 10.00. The molecule has 0 aromatic carbocycles. The van der Waals surface area contributed by atoms with Gasteiger partial charge in [0.15, 0.2) is 0 Å². The predicted molar refractivity (Wildman–Crippen MR) is 33.7 cm³/mol. The zero-order chi connectivity index (χ0) is 8.15. The first kappa shape index (κ1) is 8.54. The van der Waals surface area contributed by atoms with Crippen LogP contribution in [0.15, 0.2) is 5.16 Å². The molecule has 0 aliphatic carbocycles. The summed E-state index contributed by atoms with van der Waals surface area (Å²) in [5, 5.41) is 18.8. The quantitative estimate of drug-likeness (QED) is 0.195. The lowest BCUT2D eigenvalue weighted by Crippen LogP contribution is -2.37. The van der Waals surface area contributed by atoms with Gasteiger partial charge in [0.2, 0.25) is 5.96 Å². The Morgan fingerprint density at radius 1 is 1.80 bits per heavy atom. The highest BCUT2D eigenvalue weighted by Crippen LogP contribution is 1.79. The van der Waals surface area contributed by atoms with Crippen LogP contribution < -0.4 is 5.73 Å². The van der Waals surface area contributed by atoms with E-state index in [2.05, 4.69) is 5.16 Å². The molecule has 0 fully saturated rings. The van der Waals surface area contributed by atoms with Crippen LogP contribution in [0.1, 0.15) is 0 Å². The summed E-state index contributed by atoms with van der Waals surface area (Å²) in [7, 11) is 1.41. The Morgan fingerprint density at radius 3 is 2.60 bits per heavy atom. The molecule has 0 bridgehead atoms. The van der Waals surface area contributed by atoms with Gasteiger partial charge in [0.1, 0.15) is 6.54 Å². The SMILES string of the molecule is CN(CC(=O)O)C(N)=NO. The third-order valence-corrected chi connectivity index (χ3v) is 0.866. The van der Waals surface area contributed by atoms with Gasteiger partial charge in [0.25, 0.3) is 0 Å². The van der Waals surface area contributed by atoms with Crippen molar-refractivity contribution >= 4 is 11.9 Å². The van der Waals surface area contributed by atoms with Crippen LogP contribution in [0.5, 0.6) is 0 Å². The minimum absolute atomic E-state index is 0.220. The highest BCUT2D eigenvalue weighted by atomic mass is 16.4. The molecule has 6 heteroatoms. The molecular weight excluding hydrogens is 138 g/mol. The Bertz CT molecular complexity index is 156. The maximum absolute atomic E-state index is 10.00. The topological polar surface area (TPSA) is 99.2 Å². The summed E-state index contributed by atoms with van der Waals surface area (Å²) in [5.41, 5.74) is 5.03. The van der Waals surface area contributed by atoms with Gasteiger partial charge in [0.05, 0.1) is 0 Å². The molecule has 0 amide bonds. The van der Waals surface area contributed by atoms with E-state index in [1.54, 1.807) is 0 Å². The number of guanidine groups is 1. The number of hydrogen-bond donors (Lipinski definition) is 3. The molecule has 0 saturated heterocycles. The third-order valence-electron chi connectivity index (χ3n) is 0.866. The van der Waals surface area contributed by atoms with Gasteiger partial charge in [-0.1, -0.05) is 5.16 Å². The lowest BCUT2D eigenvalue weighted by atomic mass is 10.6. The van der Waals surface area contributed by atoms with Crippen LogP contribution in [-0.4, -0.2) is 40.7 Å². The van der Waals surface area contributed by atoms with Gasteiger partial charge < -0.3 is 20.9 Å². The monoisotopic (exact) mass is 147 g/mol. The summed E-state index contributed by atoms with van der Waals surface area (Å²) in [6.07, 6.45) is 0. The second kappa shape index (κ2) is 3.54. The smallest absolute Gasteiger partial charge is 0.323 e. The molecule has 0 saturated carbocycles. The van der Waals surface area contributed by atoms with E-state index in [0.29, 0.717) is 0 Å². The molecule has 10 heavy (non-hydrogen) atoms. The fourth-order valence-corrected chi connectivity index (χ4v) is 0.360. The van der Waals surface area contributed by atoms with Crippen molar-refractivity contribution in [1.82, 2.24) is 4.90 Å². The molecule has 0 unspecified atom stereocenters. The first-order valence-corrected chi connectivity index (χ1v) is 2.48. The minimum Gasteiger partial charge on any atom is -0.480 e. The zero-order valence-electron chi connectivity index (χ0n) is 5.48. The van der Waals surface area contributed by atoms with Crippen molar-refractivity contribution in [3.05, 3.63) is 0 Å². The number of nitrogens with zero attached hydrogens (tertiary/aromatic N) is 2. The molecule has 6 nitrogen and oxygen atoms in total. The lowest BCUT2D eigenvalue weighted by molar-refractivity contribution is -0.137. The van der Waals surface area contributed by atoms with Crippen LogP contribution >= 0.6 is 0 Å². The van der Waals surface area contributed by atoms with Crippen molar-refractivity contribution in [2.24, 2.45) is 10.9 Å². The summed E-state index contributed by atoms with van der Waals surface area (Å²) in [4.78, 5) is 11.1. The van der Waals surface area contributed by atoms with E-state index in [9.17, 15) is 4.79 Å². The standard InChI is InChI=1S/C4H9N3O3/c1-7(2-3(8)9)4(5)6-10/h10H,2H2,1H3,(H2,5,6)(H,8,9). The number of aliphatic carboxylic acids is 1. The van der Waals surface area contributed by atoms with E-state index >= 15 is 0 Å². The van der Waals surface area contributed by atoms with Crippen molar-refractivity contribution in [3.8, 4) is 0 Å². The summed E-state index contributed by atoms with van der Waals surface area (Å²) in [6.45, 7) is -0.282. The second-order valence-corrected chi connectivity index (χ2v) is 1.71. The number of carboxylic acid groups (broad SMARTS) is 1. The summed E-state index contributed by atoms with van der Waals surface area (Å²) in [6, 6.07) is 0. The van der Waals surface area contributed by atoms with Crippen LogP contribution in [-0.2, 0) is 4.79 Å². The molecule has 0 aliphatic rings. The van der Waals surface area contributed by atoms with Crippen molar-refractivity contribution < 1.29 is 15.1 Å². The molecule has 0 aromatic heterocycles. The van der Waals surface area contributed by atoms with Crippen molar-refractivity contribution in [2.45, 2.75) is 0 Å². The lowest BCUT2D eigenvalue weighted by Gasteiger charge is -2.12. The fourth-order valence-electron chi connectivity index (χ4n) is 0.360. The Hall–Kier alpha value is -1.46. The number of rotatable bonds is 2. The minimum atomic E-state index is -1.03. The molecular formula is C4H9N3O3. The molecule has 0 atom stereocenters. The van der Waals surface area contributed by atoms with Gasteiger partial charge in [-0.25, -0.2) is 0 Å². The molecule has 58 valence electrons. The third kappa shape index (κ3) is 2.75. The number of nitrogens with two attached hydrogens (primary N) is 1. The van der Waals surface area contributed by atoms with E-state index in [0.717, 1.165) is 4.90 Å². The van der Waals surface area contributed by atoms with Crippen molar-refractivity contribution in [3.63, 3.8) is 0 Å². The average molecular weight is 147 g/mol. The Balaban J connectivity index is 3.85. The van der Waals surface area contributed by atoms with Gasteiger partial charge in [-0.2, -0.15) is 0 Å². The normalized spacial score (nSPS) is 11.1. The molecule has 4 N–H and O–H groups in total. The van der Waals surface area contributed by atoms with E-state index in [-0.39, 0.29) is 12.5 Å². The van der Waals surface area contributed by atoms with Crippen LogP contribution in [0.4, 0.5) is 0 Å². The van der Waals surface area contributed by atoms with E-state index in [1.807, 2.05) is 0 Å². The van der Waals surface area contributed by atoms with E-state index in [1.165, 1.54) is 7.05 Å². The summed E-state index contributed by atoms with van der Waals surface area (Å²) >= 11 is 0. The zero-order valence-corrected chi connectivity index (χ0v) is 5.48. The predicted octanol–water partition coefficient (Wildman–Crippen LogP) is -1.29. The van der Waals surface area contributed by atoms with Gasteiger partial charge in [-0.05, 0) is 0 Å². The largest absolute Gasteiger partial charge is 0.480 e. The fraction of sp³-hybridized carbons (Fsp3) is 0.500. The number of hydrogen-bond acceptors (Lipinski definition) is 3. The van der Waals surface area contributed by atoms with Crippen LogP contribution in [0, 0.1) is 0 Å². The molecule has 0 rings (SSSR count). The molecule has 0 aliphatic heterocycles. The number of carboxylic acids is 1. The Labute approximate surface area is 57.5 Å². The van der Waals surface area contributed by atoms with E-state index in [4.69, 9.17) is 16.0 Å². The Kier molecular flexibility index (Phi) is 3.03. The average Bonchev–Trinajstić information content (AvgIpc) is 1.85. The molecule has 0 heterocycles. The second-order valence-electron chi connectivity index (χ2n) is 1.71. The van der Waals surface area contributed by atoms with Crippen molar-refractivity contribution in [1.29, 1.82) is 0 Å². The molecule has 0 radical (unpaired) electrons. The summed E-state index contributed by atoms with van der Waals surface area (Å²) < 4.78 is 0. The maximum Gasteiger partial charge on any atom is 0.323 e. The van der Waals surface area contributed by atoms with E-state index < -0.39 is 5.97 Å². The first-order chi connectivity index (χ1) is 4.57. The number of oxime groups is 1. The summed E-state index contributed by atoms with van der Waals surface area (Å²) in [5.74, 6) is -1.25. The van der Waals surface area contributed by atoms with Gasteiger partial charge in [-0.15, -0.1) is 0 Å². The van der Waals surface area contributed by atoms with Gasteiger partial charge in [0, 0.05) is 7.05 Å². The van der Waals surface area contributed by atoms with Crippen molar-refractivity contribution in [2.75, 3.05) is 13.6 Å². The highest BCUT2D eigenvalue weighted by molar-refractivity contribution is 5.81. The van der Waals surface area contributed by atoms with Gasteiger partial charge in [-0.3, -0.25) is 4.79 Å². The first-order valence-electron chi connectivity index (χ1n) is 2.48. The van der Waals surface area contributed by atoms with Crippen LogP contribution in [0.25, 0.3) is 0 Å². The molecule has 0 spiro atoms. The highest BCUT2D eigenvalue weighted by Gasteiger charge is 2.05. The number of likely N-dealkylation sites (N-methyl/N-ethyl adjacent to an activating group) is 1. The number of carbonyl (C=O) groups is 1. The molecule has 0 aromatic rings.